The second kappa shape index (κ2) is 3.55. The highest BCUT2D eigenvalue weighted by Crippen LogP contribution is 2.40. The van der Waals surface area contributed by atoms with Crippen LogP contribution >= 0.6 is 0 Å². The molecule has 1 N–H and O–H groups in total. The minimum Gasteiger partial charge on any atom is -0.312 e. The van der Waals surface area contributed by atoms with Crippen LogP contribution in [0.5, 0.6) is 0 Å². The van der Waals surface area contributed by atoms with E-state index >= 15 is 0 Å². The number of carbonyl (C=O) groups excluding carboxylic acids is 2. The summed E-state index contributed by atoms with van der Waals surface area (Å²) < 4.78 is 0. The van der Waals surface area contributed by atoms with Crippen LogP contribution in [-0.4, -0.2) is 36.3 Å². The Morgan fingerprint density at radius 1 is 1.19 bits per heavy atom. The van der Waals surface area contributed by atoms with Gasteiger partial charge >= 0.3 is 0 Å². The van der Waals surface area contributed by atoms with Gasteiger partial charge in [0.2, 0.25) is 11.8 Å². The molecular formula is C12H18N2O2. The number of amides is 2. The van der Waals surface area contributed by atoms with Crippen LogP contribution < -0.4 is 5.32 Å². The molecule has 0 unspecified atom stereocenters. The molecule has 4 heteroatoms. The van der Waals surface area contributed by atoms with Gasteiger partial charge in [0.25, 0.3) is 0 Å². The maximum atomic E-state index is 12.0. The van der Waals surface area contributed by atoms with Crippen molar-refractivity contribution in [2.75, 3.05) is 13.6 Å². The van der Waals surface area contributed by atoms with Crippen molar-refractivity contribution in [1.29, 1.82) is 0 Å². The minimum atomic E-state index is -0.0805. The molecule has 88 valence electrons. The Kier molecular flexibility index (Phi) is 2.28. The molecule has 0 radical (unpaired) electrons. The topological polar surface area (TPSA) is 49.4 Å². The van der Waals surface area contributed by atoms with Gasteiger partial charge in [0.15, 0.2) is 0 Å². The molecule has 4 nitrogen and oxygen atoms in total. The number of hydrogen-bond donors (Lipinski definition) is 1. The molecule has 0 bridgehead atoms. The lowest BCUT2D eigenvalue weighted by atomic mass is 9.84. The Labute approximate surface area is 95.4 Å². The lowest BCUT2D eigenvalue weighted by molar-refractivity contribution is -0.138. The maximum Gasteiger partial charge on any atom is 0.234 e. The third-order valence-electron chi connectivity index (χ3n) is 4.57. The van der Waals surface area contributed by atoms with E-state index in [0.717, 1.165) is 0 Å². The van der Waals surface area contributed by atoms with E-state index < -0.39 is 0 Å². The first-order chi connectivity index (χ1) is 7.70. The maximum absolute atomic E-state index is 12.0. The average molecular weight is 222 g/mol. The fourth-order valence-electron chi connectivity index (χ4n) is 3.69. The van der Waals surface area contributed by atoms with Crippen molar-refractivity contribution in [3.05, 3.63) is 0 Å². The van der Waals surface area contributed by atoms with E-state index in [1.54, 1.807) is 7.05 Å². The first-order valence-electron chi connectivity index (χ1n) is 6.25. The number of rotatable bonds is 1. The molecule has 2 aliphatic heterocycles. The van der Waals surface area contributed by atoms with Gasteiger partial charge in [-0.05, 0) is 18.8 Å². The first-order valence-corrected chi connectivity index (χ1v) is 6.25. The molecule has 3 atom stereocenters. The molecule has 0 spiro atoms. The zero-order valence-electron chi connectivity index (χ0n) is 9.61. The molecule has 0 aromatic heterocycles. The summed E-state index contributed by atoms with van der Waals surface area (Å²) in [4.78, 5) is 25.2. The van der Waals surface area contributed by atoms with Gasteiger partial charge in [-0.2, -0.15) is 0 Å². The molecular weight excluding hydrogens is 204 g/mol. The lowest BCUT2D eigenvalue weighted by Gasteiger charge is -2.23. The number of hydrogen-bond acceptors (Lipinski definition) is 3. The van der Waals surface area contributed by atoms with E-state index in [0.29, 0.717) is 12.5 Å². The number of imide groups is 1. The van der Waals surface area contributed by atoms with Gasteiger partial charge < -0.3 is 5.32 Å². The van der Waals surface area contributed by atoms with E-state index in [1.807, 2.05) is 0 Å². The number of fused-ring (bicyclic) bond motifs is 1. The molecule has 2 saturated heterocycles. The molecule has 2 amide bonds. The molecule has 0 aromatic rings. The van der Waals surface area contributed by atoms with Crippen LogP contribution in [0.15, 0.2) is 0 Å². The van der Waals surface area contributed by atoms with Crippen LogP contribution in [0.25, 0.3) is 0 Å². The van der Waals surface area contributed by atoms with Crippen LogP contribution in [0.1, 0.15) is 25.7 Å². The lowest BCUT2D eigenvalue weighted by Crippen LogP contribution is -2.40. The van der Waals surface area contributed by atoms with Crippen molar-refractivity contribution in [2.45, 2.75) is 31.7 Å². The Morgan fingerprint density at radius 3 is 2.56 bits per heavy atom. The molecule has 3 fully saturated rings. The molecule has 3 aliphatic rings. The van der Waals surface area contributed by atoms with Gasteiger partial charge in [-0.3, -0.25) is 14.5 Å². The van der Waals surface area contributed by atoms with Crippen LogP contribution in [0, 0.1) is 17.8 Å². The summed E-state index contributed by atoms with van der Waals surface area (Å²) in [6.45, 7) is 0.695. The summed E-state index contributed by atoms with van der Waals surface area (Å²) in [5.74, 6) is 0.516. The Hall–Kier alpha value is -0.900. The SMILES string of the molecule is CN1C(=O)[C@H]2[C@@H](CN[C@H]2C2CCCC2)C1=O. The summed E-state index contributed by atoms with van der Waals surface area (Å²) in [6.07, 6.45) is 4.98. The molecule has 1 saturated carbocycles. The van der Waals surface area contributed by atoms with Crippen molar-refractivity contribution >= 4 is 11.8 Å². The Balaban J connectivity index is 1.84. The number of nitrogens with zero attached hydrogens (tertiary/aromatic N) is 1. The molecule has 2 heterocycles. The van der Waals surface area contributed by atoms with Gasteiger partial charge in [0.1, 0.15) is 0 Å². The van der Waals surface area contributed by atoms with Gasteiger partial charge in [0, 0.05) is 19.6 Å². The van der Waals surface area contributed by atoms with E-state index in [-0.39, 0.29) is 29.7 Å². The standard InChI is InChI=1S/C12H18N2O2/c1-14-11(15)8-6-13-10(9(8)12(14)16)7-4-2-3-5-7/h7-10,13H,2-6H2,1H3/t8-,9+,10+/m1/s1. The summed E-state index contributed by atoms with van der Waals surface area (Å²) in [7, 11) is 1.62. The fourth-order valence-corrected chi connectivity index (χ4v) is 3.69. The van der Waals surface area contributed by atoms with E-state index in [9.17, 15) is 9.59 Å². The van der Waals surface area contributed by atoms with E-state index in [1.165, 1.54) is 30.6 Å². The largest absolute Gasteiger partial charge is 0.312 e. The molecule has 0 aromatic carbocycles. The van der Waals surface area contributed by atoms with Crippen molar-refractivity contribution in [3.8, 4) is 0 Å². The zero-order chi connectivity index (χ0) is 11.3. The summed E-state index contributed by atoms with van der Waals surface area (Å²) in [5.41, 5.74) is 0. The predicted molar refractivity (Wildman–Crippen MR) is 58.5 cm³/mol. The zero-order valence-corrected chi connectivity index (χ0v) is 9.61. The van der Waals surface area contributed by atoms with Crippen LogP contribution in [-0.2, 0) is 9.59 Å². The monoisotopic (exact) mass is 222 g/mol. The number of likely N-dealkylation sites (tertiary alicyclic amines) is 1. The van der Waals surface area contributed by atoms with Crippen molar-refractivity contribution in [1.82, 2.24) is 10.2 Å². The fraction of sp³-hybridized carbons (Fsp3) is 0.833. The summed E-state index contributed by atoms with van der Waals surface area (Å²) in [5, 5.41) is 3.41. The second-order valence-corrected chi connectivity index (χ2v) is 5.35. The highest BCUT2D eigenvalue weighted by Gasteiger charge is 2.54. The van der Waals surface area contributed by atoms with Crippen LogP contribution in [0.3, 0.4) is 0 Å². The van der Waals surface area contributed by atoms with Gasteiger partial charge in [-0.15, -0.1) is 0 Å². The molecule has 1 aliphatic carbocycles. The van der Waals surface area contributed by atoms with E-state index in [2.05, 4.69) is 5.32 Å². The average Bonchev–Trinajstić information content (AvgIpc) is 2.96. The highest BCUT2D eigenvalue weighted by atomic mass is 16.2. The van der Waals surface area contributed by atoms with Crippen LogP contribution in [0.2, 0.25) is 0 Å². The normalized spacial score (nSPS) is 39.8. The molecule has 3 rings (SSSR count). The Morgan fingerprint density at radius 2 is 1.88 bits per heavy atom. The van der Waals surface area contributed by atoms with Gasteiger partial charge in [0.05, 0.1) is 11.8 Å². The molecule has 16 heavy (non-hydrogen) atoms. The van der Waals surface area contributed by atoms with Gasteiger partial charge in [-0.25, -0.2) is 0 Å². The summed E-state index contributed by atoms with van der Waals surface area (Å²) in [6, 6.07) is 0.258. The van der Waals surface area contributed by atoms with Crippen molar-refractivity contribution < 1.29 is 9.59 Å². The Bertz CT molecular complexity index is 336. The van der Waals surface area contributed by atoms with Crippen molar-refractivity contribution in [2.24, 2.45) is 17.8 Å². The smallest absolute Gasteiger partial charge is 0.234 e. The second-order valence-electron chi connectivity index (χ2n) is 5.35. The van der Waals surface area contributed by atoms with Crippen molar-refractivity contribution in [3.63, 3.8) is 0 Å². The third kappa shape index (κ3) is 1.25. The number of carbonyl (C=O) groups is 2. The minimum absolute atomic E-state index is 0.0167. The van der Waals surface area contributed by atoms with Gasteiger partial charge in [-0.1, -0.05) is 12.8 Å². The predicted octanol–water partition coefficient (Wildman–Crippen LogP) is 0.379. The highest BCUT2D eigenvalue weighted by molar-refractivity contribution is 6.05. The van der Waals surface area contributed by atoms with Crippen LogP contribution in [0.4, 0.5) is 0 Å². The first kappa shape index (κ1) is 10.3. The number of nitrogens with one attached hydrogen (secondary N) is 1. The summed E-state index contributed by atoms with van der Waals surface area (Å²) >= 11 is 0. The quantitative estimate of drug-likeness (QED) is 0.652. The third-order valence-corrected chi connectivity index (χ3v) is 4.57. The van der Waals surface area contributed by atoms with E-state index in [4.69, 9.17) is 0 Å².